The van der Waals surface area contributed by atoms with Gasteiger partial charge in [-0.1, -0.05) is 0 Å². The largest absolute Gasteiger partial charge is 0.256 e. The lowest BCUT2D eigenvalue weighted by molar-refractivity contribution is 0.628. The highest BCUT2D eigenvalue weighted by Crippen LogP contribution is 2.18. The predicted molar refractivity (Wildman–Crippen MR) is 59.2 cm³/mol. The molecule has 76 valence electrons. The molecule has 0 saturated carbocycles. The molecule has 0 unspecified atom stereocenters. The van der Waals surface area contributed by atoms with E-state index in [2.05, 4.69) is 4.98 Å². The van der Waals surface area contributed by atoms with Crippen molar-refractivity contribution in [3.05, 3.63) is 54.0 Å². The number of pyridine rings is 1. The lowest BCUT2D eigenvalue weighted by Crippen LogP contribution is -1.86. The average Bonchev–Trinajstić information content (AvgIpc) is 2.30. The average molecular weight is 222 g/mol. The number of hydrogen-bond donors (Lipinski definition) is 0. The molecule has 1 nitrogen and oxygen atoms in total. The molecule has 0 aliphatic heterocycles. The Labute approximate surface area is 92.5 Å². The Kier molecular flexibility index (Phi) is 2.97. The molecule has 0 saturated heterocycles. The number of hydrogen-bond acceptors (Lipinski definition) is 1. The van der Waals surface area contributed by atoms with Crippen molar-refractivity contribution in [1.82, 2.24) is 4.98 Å². The Morgan fingerprint density at radius 3 is 2.53 bits per heavy atom. The summed E-state index contributed by atoms with van der Waals surface area (Å²) >= 11 is 5.72. The van der Waals surface area contributed by atoms with Crippen LogP contribution >= 0.6 is 11.6 Å². The number of alkyl halides is 1. The van der Waals surface area contributed by atoms with Crippen molar-refractivity contribution in [3.8, 4) is 11.3 Å². The predicted octanol–water partition coefficient (Wildman–Crippen LogP) is 3.63. The van der Waals surface area contributed by atoms with E-state index in [1.165, 1.54) is 12.1 Å². The van der Waals surface area contributed by atoms with Crippen molar-refractivity contribution in [1.29, 1.82) is 0 Å². The SMILES string of the molecule is Fc1ccc(-c2cc(CCl)ccn2)cc1. The fourth-order valence-electron chi connectivity index (χ4n) is 1.34. The van der Waals surface area contributed by atoms with E-state index >= 15 is 0 Å². The summed E-state index contributed by atoms with van der Waals surface area (Å²) in [5.41, 5.74) is 2.71. The number of nitrogens with zero attached hydrogens (tertiary/aromatic N) is 1. The summed E-state index contributed by atoms with van der Waals surface area (Å²) in [5, 5.41) is 0. The van der Waals surface area contributed by atoms with E-state index in [1.54, 1.807) is 18.3 Å². The molecule has 0 N–H and O–H groups in total. The molecule has 1 heterocycles. The third-order valence-corrected chi connectivity index (χ3v) is 2.43. The number of benzene rings is 1. The first-order valence-corrected chi connectivity index (χ1v) is 5.10. The summed E-state index contributed by atoms with van der Waals surface area (Å²) in [5.74, 6) is 0.212. The van der Waals surface area contributed by atoms with Crippen LogP contribution in [0.4, 0.5) is 4.39 Å². The minimum atomic E-state index is -0.243. The molecule has 3 heteroatoms. The van der Waals surface area contributed by atoms with Crippen LogP contribution in [0.2, 0.25) is 0 Å². The quantitative estimate of drug-likeness (QED) is 0.706. The molecular formula is C12H9ClFN. The summed E-state index contributed by atoms with van der Waals surface area (Å²) in [6.07, 6.45) is 1.70. The van der Waals surface area contributed by atoms with Gasteiger partial charge in [-0.15, -0.1) is 11.6 Å². The molecule has 0 bridgehead atoms. The topological polar surface area (TPSA) is 12.9 Å². The van der Waals surface area contributed by atoms with Gasteiger partial charge in [-0.3, -0.25) is 4.98 Å². The Bertz CT molecular complexity index is 453. The van der Waals surface area contributed by atoms with Gasteiger partial charge in [-0.25, -0.2) is 4.39 Å². The van der Waals surface area contributed by atoms with E-state index < -0.39 is 0 Å². The summed E-state index contributed by atoms with van der Waals surface area (Å²) < 4.78 is 12.7. The Morgan fingerprint density at radius 1 is 1.13 bits per heavy atom. The van der Waals surface area contributed by atoms with Gasteiger partial charge in [0.1, 0.15) is 5.82 Å². The molecule has 0 amide bonds. The number of aromatic nitrogens is 1. The van der Waals surface area contributed by atoms with Gasteiger partial charge in [0.2, 0.25) is 0 Å². The maximum atomic E-state index is 12.7. The summed E-state index contributed by atoms with van der Waals surface area (Å²) in [7, 11) is 0. The van der Waals surface area contributed by atoms with Crippen LogP contribution < -0.4 is 0 Å². The third-order valence-electron chi connectivity index (χ3n) is 2.12. The minimum absolute atomic E-state index is 0.243. The summed E-state index contributed by atoms with van der Waals surface area (Å²) in [4.78, 5) is 4.21. The second kappa shape index (κ2) is 4.41. The summed E-state index contributed by atoms with van der Waals surface area (Å²) in [6.45, 7) is 0. The molecule has 0 aliphatic carbocycles. The summed E-state index contributed by atoms with van der Waals surface area (Å²) in [6, 6.07) is 10.0. The van der Waals surface area contributed by atoms with Crippen LogP contribution in [-0.4, -0.2) is 4.98 Å². The normalized spacial score (nSPS) is 10.3. The second-order valence-corrected chi connectivity index (χ2v) is 3.46. The molecule has 0 spiro atoms. The first-order chi connectivity index (χ1) is 7.29. The van der Waals surface area contributed by atoms with E-state index in [0.717, 1.165) is 16.8 Å². The standard InChI is InChI=1S/C12H9ClFN/c13-8-9-5-6-15-12(7-9)10-1-3-11(14)4-2-10/h1-7H,8H2. The van der Waals surface area contributed by atoms with Crippen molar-refractivity contribution >= 4 is 11.6 Å². The Hall–Kier alpha value is -1.41. The highest BCUT2D eigenvalue weighted by atomic mass is 35.5. The third kappa shape index (κ3) is 2.34. The van der Waals surface area contributed by atoms with Crippen LogP contribution in [0.25, 0.3) is 11.3 Å². The van der Waals surface area contributed by atoms with Crippen LogP contribution in [0.5, 0.6) is 0 Å². The van der Waals surface area contributed by atoms with Crippen molar-refractivity contribution in [3.63, 3.8) is 0 Å². The van der Waals surface area contributed by atoms with Crippen LogP contribution in [-0.2, 0) is 5.88 Å². The van der Waals surface area contributed by atoms with E-state index in [0.29, 0.717) is 5.88 Å². The zero-order valence-electron chi connectivity index (χ0n) is 7.95. The first kappa shape index (κ1) is 10.1. The Morgan fingerprint density at radius 2 is 1.87 bits per heavy atom. The molecular weight excluding hydrogens is 213 g/mol. The monoisotopic (exact) mass is 221 g/mol. The zero-order chi connectivity index (χ0) is 10.7. The highest BCUT2D eigenvalue weighted by Gasteiger charge is 2.00. The van der Waals surface area contributed by atoms with Gasteiger partial charge in [0.15, 0.2) is 0 Å². The van der Waals surface area contributed by atoms with Crippen LogP contribution in [0.3, 0.4) is 0 Å². The van der Waals surface area contributed by atoms with Gasteiger partial charge >= 0.3 is 0 Å². The van der Waals surface area contributed by atoms with Crippen molar-refractivity contribution in [2.75, 3.05) is 0 Å². The molecule has 15 heavy (non-hydrogen) atoms. The minimum Gasteiger partial charge on any atom is -0.256 e. The molecule has 0 aliphatic rings. The lowest BCUT2D eigenvalue weighted by atomic mass is 10.1. The van der Waals surface area contributed by atoms with Crippen LogP contribution in [0.15, 0.2) is 42.6 Å². The van der Waals surface area contributed by atoms with Crippen LogP contribution in [0, 0.1) is 5.82 Å². The maximum Gasteiger partial charge on any atom is 0.123 e. The second-order valence-electron chi connectivity index (χ2n) is 3.19. The van der Waals surface area contributed by atoms with E-state index in [4.69, 9.17) is 11.6 Å². The number of halogens is 2. The molecule has 2 aromatic rings. The Balaban J connectivity index is 2.40. The van der Waals surface area contributed by atoms with Gasteiger partial charge < -0.3 is 0 Å². The molecule has 2 rings (SSSR count). The van der Waals surface area contributed by atoms with Crippen molar-refractivity contribution in [2.24, 2.45) is 0 Å². The fraction of sp³-hybridized carbons (Fsp3) is 0.0833. The van der Waals surface area contributed by atoms with E-state index in [1.807, 2.05) is 12.1 Å². The highest BCUT2D eigenvalue weighted by molar-refractivity contribution is 6.17. The fourth-order valence-corrected chi connectivity index (χ4v) is 1.50. The number of rotatable bonds is 2. The molecule has 1 aromatic carbocycles. The lowest BCUT2D eigenvalue weighted by Gasteiger charge is -2.02. The first-order valence-electron chi connectivity index (χ1n) is 4.56. The van der Waals surface area contributed by atoms with E-state index in [9.17, 15) is 4.39 Å². The maximum absolute atomic E-state index is 12.7. The van der Waals surface area contributed by atoms with E-state index in [-0.39, 0.29) is 5.82 Å². The van der Waals surface area contributed by atoms with Crippen LogP contribution in [0.1, 0.15) is 5.56 Å². The van der Waals surface area contributed by atoms with Crippen molar-refractivity contribution < 1.29 is 4.39 Å². The zero-order valence-corrected chi connectivity index (χ0v) is 8.71. The molecule has 0 atom stereocenters. The van der Waals surface area contributed by atoms with Crippen molar-refractivity contribution in [2.45, 2.75) is 5.88 Å². The molecule has 0 fully saturated rings. The van der Waals surface area contributed by atoms with Gasteiger partial charge in [0.05, 0.1) is 5.69 Å². The van der Waals surface area contributed by atoms with Gasteiger partial charge in [-0.2, -0.15) is 0 Å². The van der Waals surface area contributed by atoms with Gasteiger partial charge in [0, 0.05) is 17.6 Å². The molecule has 1 aromatic heterocycles. The smallest absolute Gasteiger partial charge is 0.123 e. The van der Waals surface area contributed by atoms with Gasteiger partial charge in [0.25, 0.3) is 0 Å². The van der Waals surface area contributed by atoms with Gasteiger partial charge in [-0.05, 0) is 42.0 Å². The molecule has 0 radical (unpaired) electrons.